The molecule has 0 saturated heterocycles. The number of methoxy groups -OCH3 is 1. The number of halogens is 1. The lowest BCUT2D eigenvalue weighted by Gasteiger charge is -2.12. The summed E-state index contributed by atoms with van der Waals surface area (Å²) in [6.45, 7) is 1.79. The van der Waals surface area contributed by atoms with Gasteiger partial charge in [-0.2, -0.15) is 0 Å². The van der Waals surface area contributed by atoms with Crippen molar-refractivity contribution in [2.45, 2.75) is 18.2 Å². The molecular weight excluding hydrogens is 308 g/mol. The lowest BCUT2D eigenvalue weighted by molar-refractivity contribution is 0.0599. The molecule has 1 aromatic carbocycles. The highest BCUT2D eigenvalue weighted by Crippen LogP contribution is 2.29. The molecule has 0 heterocycles. The zero-order valence-corrected chi connectivity index (χ0v) is 12.2. The molecule has 0 aliphatic heterocycles. The van der Waals surface area contributed by atoms with Gasteiger partial charge < -0.3 is 4.74 Å². The Morgan fingerprint density at radius 3 is 2.41 bits per heavy atom. The van der Waals surface area contributed by atoms with Gasteiger partial charge in [-0.05, 0) is 40.0 Å². The monoisotopic (exact) mass is 320 g/mol. The van der Waals surface area contributed by atoms with Gasteiger partial charge in [0, 0.05) is 10.7 Å². The van der Waals surface area contributed by atoms with Crippen LogP contribution in [-0.2, 0) is 21.0 Å². The van der Waals surface area contributed by atoms with Crippen molar-refractivity contribution in [1.82, 2.24) is 0 Å². The minimum Gasteiger partial charge on any atom is -0.465 e. The summed E-state index contributed by atoms with van der Waals surface area (Å²) in [7, 11) is -2.13. The molecule has 0 bridgehead atoms. The zero-order valence-electron chi connectivity index (χ0n) is 9.78. The van der Waals surface area contributed by atoms with E-state index in [4.69, 9.17) is 0 Å². The van der Waals surface area contributed by atoms with Crippen LogP contribution in [0.5, 0.6) is 0 Å². The van der Waals surface area contributed by atoms with E-state index in [1.807, 2.05) is 0 Å². The third-order valence-corrected chi connectivity index (χ3v) is 4.47. The van der Waals surface area contributed by atoms with Crippen molar-refractivity contribution in [3.05, 3.63) is 27.7 Å². The molecule has 0 spiro atoms. The van der Waals surface area contributed by atoms with Crippen LogP contribution in [0, 0.1) is 0 Å². The lowest BCUT2D eigenvalue weighted by Crippen LogP contribution is -2.11. The van der Waals surface area contributed by atoms with Crippen LogP contribution in [-0.4, -0.2) is 27.8 Å². The van der Waals surface area contributed by atoms with Crippen LogP contribution in [0.25, 0.3) is 0 Å². The number of carbonyl (C=O) groups excluding carboxylic acids is 1. The second kappa shape index (κ2) is 5.18. The van der Waals surface area contributed by atoms with E-state index in [2.05, 4.69) is 20.7 Å². The fraction of sp³-hybridized carbons (Fsp3) is 0.364. The van der Waals surface area contributed by atoms with E-state index in [0.29, 0.717) is 22.0 Å². The minimum absolute atomic E-state index is 0.155. The fourth-order valence-corrected chi connectivity index (χ4v) is 4.03. The van der Waals surface area contributed by atoms with Gasteiger partial charge in [0.25, 0.3) is 0 Å². The molecule has 0 aromatic heterocycles. The third-order valence-electron chi connectivity index (χ3n) is 2.34. The van der Waals surface area contributed by atoms with E-state index < -0.39 is 15.8 Å². The van der Waals surface area contributed by atoms with Crippen molar-refractivity contribution < 1.29 is 17.9 Å². The van der Waals surface area contributed by atoms with Crippen molar-refractivity contribution in [2.24, 2.45) is 0 Å². The summed E-state index contributed by atoms with van der Waals surface area (Å²) in [5, 5.41) is 0. The van der Waals surface area contributed by atoms with E-state index in [1.165, 1.54) is 7.11 Å². The maximum atomic E-state index is 11.7. The molecule has 0 fully saturated rings. The number of sulfone groups is 1. The van der Waals surface area contributed by atoms with Crippen molar-refractivity contribution >= 4 is 31.7 Å². The van der Waals surface area contributed by atoms with Crippen LogP contribution in [0.1, 0.15) is 22.8 Å². The molecular formula is C11H13BrO4S. The first kappa shape index (κ1) is 14.2. The van der Waals surface area contributed by atoms with Gasteiger partial charge in [-0.25, -0.2) is 13.2 Å². The minimum atomic E-state index is -3.40. The Bertz CT molecular complexity index is 549. The molecule has 0 aliphatic carbocycles. The van der Waals surface area contributed by atoms with E-state index in [9.17, 15) is 13.2 Å². The van der Waals surface area contributed by atoms with E-state index in [-0.39, 0.29) is 4.90 Å². The summed E-state index contributed by atoms with van der Waals surface area (Å²) in [6, 6.07) is 3.10. The Kier molecular flexibility index (Phi) is 4.32. The first-order valence-electron chi connectivity index (χ1n) is 4.92. The topological polar surface area (TPSA) is 60.4 Å². The second-order valence-corrected chi connectivity index (χ2v) is 6.33. The number of rotatable bonds is 3. The molecule has 17 heavy (non-hydrogen) atoms. The van der Waals surface area contributed by atoms with Crippen molar-refractivity contribution in [2.75, 3.05) is 13.4 Å². The van der Waals surface area contributed by atoms with Gasteiger partial charge in [0.15, 0.2) is 9.84 Å². The predicted molar refractivity (Wildman–Crippen MR) is 68.0 cm³/mol. The number of hydrogen-bond donors (Lipinski definition) is 0. The van der Waals surface area contributed by atoms with Crippen LogP contribution in [0.3, 0.4) is 0 Å². The first-order chi connectivity index (χ1) is 7.82. The maximum Gasteiger partial charge on any atom is 0.338 e. The quantitative estimate of drug-likeness (QED) is 0.801. The molecule has 0 unspecified atom stereocenters. The third kappa shape index (κ3) is 2.87. The van der Waals surface area contributed by atoms with E-state index in [1.54, 1.807) is 19.1 Å². The number of benzene rings is 1. The average molecular weight is 321 g/mol. The summed E-state index contributed by atoms with van der Waals surface area (Å²) >= 11 is 3.20. The Hall–Kier alpha value is -0.880. The molecule has 0 amide bonds. The normalized spacial score (nSPS) is 11.3. The number of carbonyl (C=O) groups is 1. The van der Waals surface area contributed by atoms with Crippen LogP contribution in [0.4, 0.5) is 0 Å². The first-order valence-corrected chi connectivity index (χ1v) is 7.61. The fourth-order valence-electron chi connectivity index (χ4n) is 1.65. The molecule has 0 atom stereocenters. The molecule has 1 rings (SSSR count). The molecule has 4 nitrogen and oxygen atoms in total. The Balaban J connectivity index is 3.65. The van der Waals surface area contributed by atoms with E-state index >= 15 is 0 Å². The predicted octanol–water partition coefficient (Wildman–Crippen LogP) is 2.20. The number of hydrogen-bond acceptors (Lipinski definition) is 4. The van der Waals surface area contributed by atoms with Gasteiger partial charge in [0.1, 0.15) is 0 Å². The SMILES string of the molecule is CCc1c(C(=O)OC)ccc(Br)c1S(C)(=O)=O. The van der Waals surface area contributed by atoms with Gasteiger partial charge in [-0.1, -0.05) is 6.92 Å². The smallest absolute Gasteiger partial charge is 0.338 e. The van der Waals surface area contributed by atoms with Crippen molar-refractivity contribution in [3.8, 4) is 0 Å². The van der Waals surface area contributed by atoms with Gasteiger partial charge in [0.2, 0.25) is 0 Å². The van der Waals surface area contributed by atoms with Crippen LogP contribution in [0.15, 0.2) is 21.5 Å². The highest BCUT2D eigenvalue weighted by Gasteiger charge is 2.22. The van der Waals surface area contributed by atoms with Gasteiger partial charge in [0.05, 0.1) is 17.6 Å². The van der Waals surface area contributed by atoms with Crippen LogP contribution < -0.4 is 0 Å². The highest BCUT2D eigenvalue weighted by atomic mass is 79.9. The molecule has 94 valence electrons. The summed E-state index contributed by atoms with van der Waals surface area (Å²) in [6.07, 6.45) is 1.56. The van der Waals surface area contributed by atoms with E-state index in [0.717, 1.165) is 6.26 Å². The molecule has 0 saturated carbocycles. The summed E-state index contributed by atoms with van der Waals surface area (Å²) in [5.41, 5.74) is 0.771. The average Bonchev–Trinajstić information content (AvgIpc) is 2.25. The van der Waals surface area contributed by atoms with Crippen LogP contribution in [0.2, 0.25) is 0 Å². The summed E-state index contributed by atoms with van der Waals surface area (Å²) < 4.78 is 28.5. The van der Waals surface area contributed by atoms with Gasteiger partial charge in [-0.15, -0.1) is 0 Å². The molecule has 1 aromatic rings. The molecule has 0 radical (unpaired) electrons. The van der Waals surface area contributed by atoms with Gasteiger partial charge >= 0.3 is 5.97 Å². The summed E-state index contributed by atoms with van der Waals surface area (Å²) in [5.74, 6) is -0.528. The zero-order chi connectivity index (χ0) is 13.2. The number of ether oxygens (including phenoxy) is 1. The largest absolute Gasteiger partial charge is 0.465 e. The Morgan fingerprint density at radius 2 is 2.00 bits per heavy atom. The Morgan fingerprint density at radius 1 is 1.41 bits per heavy atom. The molecule has 6 heteroatoms. The number of esters is 1. The summed E-state index contributed by atoms with van der Waals surface area (Å²) in [4.78, 5) is 11.7. The van der Waals surface area contributed by atoms with Gasteiger partial charge in [-0.3, -0.25) is 0 Å². The van der Waals surface area contributed by atoms with Crippen LogP contribution >= 0.6 is 15.9 Å². The molecule has 0 aliphatic rings. The lowest BCUT2D eigenvalue weighted by atomic mass is 10.1. The standard InChI is InChI=1S/C11H13BrO4S/c1-4-7-8(11(13)16-2)5-6-9(12)10(7)17(3,14)15/h5-6H,4H2,1-3H3. The Labute approximate surface area is 109 Å². The maximum absolute atomic E-state index is 11.7. The molecule has 0 N–H and O–H groups in total. The van der Waals surface area contributed by atoms with Crippen molar-refractivity contribution in [1.29, 1.82) is 0 Å². The van der Waals surface area contributed by atoms with Crippen molar-refractivity contribution in [3.63, 3.8) is 0 Å². The highest BCUT2D eigenvalue weighted by molar-refractivity contribution is 9.10. The second-order valence-electron chi connectivity index (χ2n) is 3.52.